The lowest BCUT2D eigenvalue weighted by molar-refractivity contribution is -0.125. The number of rotatable bonds is 5. The second-order valence-electron chi connectivity index (χ2n) is 7.81. The average Bonchev–Trinajstić information content (AvgIpc) is 3.02. The predicted octanol–water partition coefficient (Wildman–Crippen LogP) is 4.22. The predicted molar refractivity (Wildman–Crippen MR) is 98.5 cm³/mol. The third kappa shape index (κ3) is 3.49. The number of hydrogen-bond acceptors (Lipinski definition) is 2. The van der Waals surface area contributed by atoms with Crippen LogP contribution in [0.1, 0.15) is 55.0 Å². The van der Waals surface area contributed by atoms with E-state index in [2.05, 4.69) is 22.5 Å². The van der Waals surface area contributed by atoms with Crippen LogP contribution in [0.3, 0.4) is 0 Å². The van der Waals surface area contributed by atoms with Crippen LogP contribution in [-0.2, 0) is 11.3 Å². The van der Waals surface area contributed by atoms with Crippen molar-refractivity contribution in [1.82, 2.24) is 15.1 Å². The van der Waals surface area contributed by atoms with Crippen molar-refractivity contribution in [3.8, 4) is 0 Å². The molecule has 1 heterocycles. The quantitative estimate of drug-likeness (QED) is 0.853. The summed E-state index contributed by atoms with van der Waals surface area (Å²) in [5, 5.41) is 7.06. The molecular formula is C21H25F2N3O. The van der Waals surface area contributed by atoms with Gasteiger partial charge in [-0.15, -0.1) is 0 Å². The van der Waals surface area contributed by atoms with Crippen LogP contribution in [0.15, 0.2) is 36.4 Å². The molecular weight excluding hydrogens is 348 g/mol. The molecule has 0 aliphatic heterocycles. The number of aryl methyl sites for hydroxylation is 1. The van der Waals surface area contributed by atoms with E-state index in [1.165, 1.54) is 35.6 Å². The molecule has 2 saturated carbocycles. The topological polar surface area (TPSA) is 46.9 Å². The number of halogens is 2. The molecule has 6 heteroatoms. The van der Waals surface area contributed by atoms with Crippen molar-refractivity contribution in [2.75, 3.05) is 0 Å². The van der Waals surface area contributed by atoms with Gasteiger partial charge in [-0.3, -0.25) is 9.48 Å². The molecule has 2 aliphatic rings. The first kappa shape index (κ1) is 18.1. The molecule has 0 unspecified atom stereocenters. The van der Waals surface area contributed by atoms with Gasteiger partial charge in [0.1, 0.15) is 12.2 Å². The maximum Gasteiger partial charge on any atom is 0.282 e. The maximum atomic E-state index is 12.8. The minimum absolute atomic E-state index is 0.0199. The van der Waals surface area contributed by atoms with E-state index in [0.29, 0.717) is 23.4 Å². The number of carbonyl (C=O) groups excluding carboxylic acids is 1. The number of benzene rings is 1. The van der Waals surface area contributed by atoms with E-state index in [-0.39, 0.29) is 24.2 Å². The van der Waals surface area contributed by atoms with Gasteiger partial charge in [-0.1, -0.05) is 43.2 Å². The summed E-state index contributed by atoms with van der Waals surface area (Å²) in [7, 11) is 0. The summed E-state index contributed by atoms with van der Waals surface area (Å²) >= 11 is 0. The Kier molecular flexibility index (Phi) is 4.98. The Morgan fingerprint density at radius 3 is 2.59 bits per heavy atom. The van der Waals surface area contributed by atoms with E-state index in [0.717, 1.165) is 6.42 Å². The number of hydrogen-bond donors (Lipinski definition) is 1. The highest BCUT2D eigenvalue weighted by Crippen LogP contribution is 2.54. The summed E-state index contributed by atoms with van der Waals surface area (Å²) < 4.78 is 27.0. The molecule has 4 nitrogen and oxygen atoms in total. The summed E-state index contributed by atoms with van der Waals surface area (Å²) in [5.74, 6) is 1.33. The second-order valence-corrected chi connectivity index (χ2v) is 7.81. The zero-order chi connectivity index (χ0) is 19.0. The van der Waals surface area contributed by atoms with E-state index in [4.69, 9.17) is 0 Å². The van der Waals surface area contributed by atoms with Crippen molar-refractivity contribution in [3.63, 3.8) is 0 Å². The summed E-state index contributed by atoms with van der Waals surface area (Å²) in [6.45, 7) is 1.67. The van der Waals surface area contributed by atoms with Crippen molar-refractivity contribution < 1.29 is 13.6 Å². The maximum absolute atomic E-state index is 12.8. The molecule has 1 amide bonds. The first-order valence-corrected chi connectivity index (χ1v) is 9.71. The summed E-state index contributed by atoms with van der Waals surface area (Å²) in [5.41, 5.74) is 1.57. The van der Waals surface area contributed by atoms with E-state index in [9.17, 15) is 13.6 Å². The van der Waals surface area contributed by atoms with Gasteiger partial charge in [0.05, 0.1) is 0 Å². The Balaban J connectivity index is 1.47. The molecule has 0 bridgehead atoms. The van der Waals surface area contributed by atoms with E-state index >= 15 is 0 Å². The molecule has 4 atom stereocenters. The summed E-state index contributed by atoms with van der Waals surface area (Å²) in [6.07, 6.45) is 2.21. The number of aromatic nitrogens is 2. The minimum atomic E-state index is -2.62. The SMILES string of the molecule is Cc1cc(C(F)F)nn1CC(=O)N[C@H]1[C@@H]2CCCC[C@@H]2[C@@H]1c1ccccc1. The molecule has 4 rings (SSSR count). The largest absolute Gasteiger partial charge is 0.351 e. The number of alkyl halides is 2. The Morgan fingerprint density at radius 2 is 1.93 bits per heavy atom. The highest BCUT2D eigenvalue weighted by molar-refractivity contribution is 5.76. The molecule has 2 aliphatic carbocycles. The standard InChI is InChI=1S/C21H25F2N3O/c1-13-11-17(21(22)23)25-26(13)12-18(27)24-20-16-10-6-5-9-15(16)19(20)14-7-3-2-4-8-14/h2-4,7-8,11,15-16,19-21H,5-6,9-10,12H2,1H3,(H,24,27)/t15-,16+,19-,20-/m0/s1. The second kappa shape index (κ2) is 7.41. The fourth-order valence-corrected chi connectivity index (χ4v) is 4.96. The highest BCUT2D eigenvalue weighted by Gasteiger charge is 2.51. The van der Waals surface area contributed by atoms with Gasteiger partial charge in [0.25, 0.3) is 6.43 Å². The van der Waals surface area contributed by atoms with Crippen LogP contribution < -0.4 is 5.32 Å². The van der Waals surface area contributed by atoms with Gasteiger partial charge in [0, 0.05) is 17.7 Å². The van der Waals surface area contributed by atoms with Gasteiger partial charge < -0.3 is 5.32 Å². The van der Waals surface area contributed by atoms with Crippen LogP contribution in [0.5, 0.6) is 0 Å². The monoisotopic (exact) mass is 373 g/mol. The lowest BCUT2D eigenvalue weighted by Gasteiger charge is -2.55. The van der Waals surface area contributed by atoms with Gasteiger partial charge in [-0.05, 0) is 43.2 Å². The lowest BCUT2D eigenvalue weighted by Crippen LogP contribution is -2.59. The number of nitrogens with zero attached hydrogens (tertiary/aromatic N) is 2. The fraction of sp³-hybridized carbons (Fsp3) is 0.524. The first-order chi connectivity index (χ1) is 13.0. The lowest BCUT2D eigenvalue weighted by atomic mass is 9.53. The molecule has 1 aromatic heterocycles. The van der Waals surface area contributed by atoms with Crippen LogP contribution in [0, 0.1) is 18.8 Å². The summed E-state index contributed by atoms with van der Waals surface area (Å²) in [4.78, 5) is 12.6. The van der Waals surface area contributed by atoms with Gasteiger partial charge in [0.2, 0.25) is 5.91 Å². The molecule has 0 saturated heterocycles. The molecule has 144 valence electrons. The summed E-state index contributed by atoms with van der Waals surface area (Å²) in [6, 6.07) is 11.8. The number of amides is 1. The van der Waals surface area contributed by atoms with E-state index in [1.54, 1.807) is 6.92 Å². The van der Waals surface area contributed by atoms with E-state index in [1.807, 2.05) is 18.2 Å². The molecule has 1 aromatic carbocycles. The van der Waals surface area contributed by atoms with Crippen LogP contribution in [0.25, 0.3) is 0 Å². The van der Waals surface area contributed by atoms with Crippen molar-refractivity contribution in [3.05, 3.63) is 53.3 Å². The van der Waals surface area contributed by atoms with Crippen molar-refractivity contribution >= 4 is 5.91 Å². The van der Waals surface area contributed by atoms with Crippen molar-refractivity contribution in [2.24, 2.45) is 11.8 Å². The Labute approximate surface area is 158 Å². The van der Waals surface area contributed by atoms with Gasteiger partial charge in [-0.2, -0.15) is 5.10 Å². The molecule has 1 N–H and O–H groups in total. The Morgan fingerprint density at radius 1 is 1.22 bits per heavy atom. The van der Waals surface area contributed by atoms with Crippen LogP contribution in [-0.4, -0.2) is 21.7 Å². The molecule has 27 heavy (non-hydrogen) atoms. The van der Waals surface area contributed by atoms with Crippen LogP contribution >= 0.6 is 0 Å². The van der Waals surface area contributed by atoms with Gasteiger partial charge in [-0.25, -0.2) is 8.78 Å². The molecule has 0 radical (unpaired) electrons. The third-order valence-electron chi connectivity index (χ3n) is 6.21. The number of carbonyl (C=O) groups is 1. The average molecular weight is 373 g/mol. The van der Waals surface area contributed by atoms with Crippen LogP contribution in [0.4, 0.5) is 8.78 Å². The normalized spacial score (nSPS) is 27.1. The number of fused-ring (bicyclic) bond motifs is 1. The highest BCUT2D eigenvalue weighted by atomic mass is 19.3. The smallest absolute Gasteiger partial charge is 0.282 e. The van der Waals surface area contributed by atoms with Crippen molar-refractivity contribution in [1.29, 1.82) is 0 Å². The van der Waals surface area contributed by atoms with Gasteiger partial charge >= 0.3 is 0 Å². The minimum Gasteiger partial charge on any atom is -0.351 e. The molecule has 0 spiro atoms. The van der Waals surface area contributed by atoms with Crippen molar-refractivity contribution in [2.45, 2.75) is 57.5 Å². The molecule has 2 fully saturated rings. The zero-order valence-electron chi connectivity index (χ0n) is 15.4. The zero-order valence-corrected chi connectivity index (χ0v) is 15.4. The van der Waals surface area contributed by atoms with Gasteiger partial charge in [0.15, 0.2) is 0 Å². The first-order valence-electron chi connectivity index (χ1n) is 9.71. The van der Waals surface area contributed by atoms with E-state index < -0.39 is 6.43 Å². The fourth-order valence-electron chi connectivity index (χ4n) is 4.96. The van der Waals surface area contributed by atoms with Crippen LogP contribution in [0.2, 0.25) is 0 Å². The molecule has 2 aromatic rings. The Bertz CT molecular complexity index is 805. The Hall–Kier alpha value is -2.24. The third-order valence-corrected chi connectivity index (χ3v) is 6.21. The number of nitrogens with one attached hydrogen (secondary N) is 1.